The summed E-state index contributed by atoms with van der Waals surface area (Å²) in [6, 6.07) is 7.90. The molecule has 0 saturated carbocycles. The maximum absolute atomic E-state index is 9.97. The van der Waals surface area contributed by atoms with Crippen molar-refractivity contribution in [1.29, 1.82) is 0 Å². The fraction of sp³-hybridized carbons (Fsp3) is 0.538. The summed E-state index contributed by atoms with van der Waals surface area (Å²) >= 11 is 6.13. The molecule has 0 amide bonds. The molecule has 1 N–H and O–H groups in total. The van der Waals surface area contributed by atoms with Crippen LogP contribution < -0.4 is 0 Å². The molecule has 1 aliphatic heterocycles. The van der Waals surface area contributed by atoms with Gasteiger partial charge in [-0.25, -0.2) is 0 Å². The van der Waals surface area contributed by atoms with Gasteiger partial charge in [0.1, 0.15) is 0 Å². The summed E-state index contributed by atoms with van der Waals surface area (Å²) in [5.74, 6) is 0.304. The van der Waals surface area contributed by atoms with Gasteiger partial charge in [-0.3, -0.25) is 0 Å². The van der Waals surface area contributed by atoms with Crippen LogP contribution in [0.3, 0.4) is 0 Å². The molecule has 0 bridgehead atoms. The van der Waals surface area contributed by atoms with E-state index in [0.29, 0.717) is 5.92 Å². The molecule has 0 aliphatic carbocycles. The molecule has 2 atom stereocenters. The van der Waals surface area contributed by atoms with E-state index in [9.17, 15) is 5.11 Å². The van der Waals surface area contributed by atoms with Crippen molar-refractivity contribution in [2.75, 3.05) is 20.1 Å². The molecule has 1 fully saturated rings. The predicted octanol–water partition coefficient (Wildman–Crippen LogP) is 2.20. The number of halogens is 1. The van der Waals surface area contributed by atoms with Gasteiger partial charge in [-0.2, -0.15) is 0 Å². The van der Waals surface area contributed by atoms with Crippen LogP contribution in [0.4, 0.5) is 0 Å². The van der Waals surface area contributed by atoms with E-state index in [-0.39, 0.29) is 6.10 Å². The first-order valence-corrected chi connectivity index (χ1v) is 6.14. The lowest BCUT2D eigenvalue weighted by atomic mass is 9.89. The molecule has 2 unspecified atom stereocenters. The smallest absolute Gasteiger partial charge is 0.0596 e. The molecular weight excluding hydrogens is 222 g/mol. The van der Waals surface area contributed by atoms with Gasteiger partial charge in [0.05, 0.1) is 6.10 Å². The number of aliphatic hydroxyl groups excluding tert-OH is 1. The maximum atomic E-state index is 9.97. The van der Waals surface area contributed by atoms with Crippen molar-refractivity contribution in [3.63, 3.8) is 0 Å². The number of likely N-dealkylation sites (tertiary alicyclic amines) is 1. The van der Waals surface area contributed by atoms with E-state index in [4.69, 9.17) is 11.6 Å². The van der Waals surface area contributed by atoms with Crippen LogP contribution >= 0.6 is 11.6 Å². The Morgan fingerprint density at radius 1 is 1.44 bits per heavy atom. The molecule has 0 aromatic heterocycles. The Hall–Kier alpha value is -0.570. The molecule has 88 valence electrons. The minimum Gasteiger partial charge on any atom is -0.393 e. The van der Waals surface area contributed by atoms with E-state index in [2.05, 4.69) is 11.9 Å². The van der Waals surface area contributed by atoms with Gasteiger partial charge in [0, 0.05) is 24.0 Å². The van der Waals surface area contributed by atoms with E-state index in [0.717, 1.165) is 36.5 Å². The lowest BCUT2D eigenvalue weighted by molar-refractivity contribution is 0.0366. The summed E-state index contributed by atoms with van der Waals surface area (Å²) in [7, 11) is 2.10. The first-order chi connectivity index (χ1) is 7.66. The number of benzene rings is 1. The van der Waals surface area contributed by atoms with Crippen LogP contribution in [-0.4, -0.2) is 36.2 Å². The quantitative estimate of drug-likeness (QED) is 0.856. The lowest BCUT2D eigenvalue weighted by Crippen LogP contribution is -2.42. The monoisotopic (exact) mass is 239 g/mol. The molecule has 16 heavy (non-hydrogen) atoms. The van der Waals surface area contributed by atoms with Gasteiger partial charge in [-0.05, 0) is 31.5 Å². The first kappa shape index (κ1) is 11.9. The average Bonchev–Trinajstić information content (AvgIpc) is 2.27. The fourth-order valence-electron chi connectivity index (χ4n) is 2.35. The van der Waals surface area contributed by atoms with Crippen molar-refractivity contribution in [2.45, 2.75) is 18.9 Å². The van der Waals surface area contributed by atoms with Gasteiger partial charge in [-0.15, -0.1) is 0 Å². The van der Waals surface area contributed by atoms with Crippen LogP contribution in [0.5, 0.6) is 0 Å². The van der Waals surface area contributed by atoms with E-state index < -0.39 is 0 Å². The molecule has 1 aromatic carbocycles. The highest BCUT2D eigenvalue weighted by molar-refractivity contribution is 6.31. The second-order valence-electron chi connectivity index (χ2n) is 4.67. The highest BCUT2D eigenvalue weighted by Gasteiger charge is 2.26. The molecule has 0 radical (unpaired) electrons. The third-order valence-electron chi connectivity index (χ3n) is 3.34. The highest BCUT2D eigenvalue weighted by atomic mass is 35.5. The van der Waals surface area contributed by atoms with Crippen LogP contribution in [0.1, 0.15) is 12.0 Å². The van der Waals surface area contributed by atoms with Crippen molar-refractivity contribution >= 4 is 11.6 Å². The molecule has 1 saturated heterocycles. The van der Waals surface area contributed by atoms with Gasteiger partial charge in [0.25, 0.3) is 0 Å². The van der Waals surface area contributed by atoms with E-state index in [1.54, 1.807) is 0 Å². The zero-order chi connectivity index (χ0) is 11.5. The number of hydrogen-bond donors (Lipinski definition) is 1. The SMILES string of the molecule is CN1CCC(O)C(Cc2ccccc2Cl)C1. The number of aliphatic hydroxyl groups is 1. The summed E-state index contributed by atoms with van der Waals surface area (Å²) in [6.07, 6.45) is 1.55. The van der Waals surface area contributed by atoms with Crippen LogP contribution in [0.2, 0.25) is 5.02 Å². The molecule has 2 rings (SSSR count). The number of hydrogen-bond acceptors (Lipinski definition) is 2. The Morgan fingerprint density at radius 3 is 2.94 bits per heavy atom. The Bertz CT molecular complexity index is 356. The second-order valence-corrected chi connectivity index (χ2v) is 5.08. The van der Waals surface area contributed by atoms with Crippen LogP contribution in [0.15, 0.2) is 24.3 Å². The van der Waals surface area contributed by atoms with E-state index in [1.165, 1.54) is 0 Å². The largest absolute Gasteiger partial charge is 0.393 e. The molecule has 3 heteroatoms. The number of rotatable bonds is 2. The fourth-order valence-corrected chi connectivity index (χ4v) is 2.56. The predicted molar refractivity (Wildman–Crippen MR) is 66.8 cm³/mol. The molecule has 0 spiro atoms. The van der Waals surface area contributed by atoms with E-state index >= 15 is 0 Å². The second kappa shape index (κ2) is 5.17. The Morgan fingerprint density at radius 2 is 2.19 bits per heavy atom. The van der Waals surface area contributed by atoms with Crippen molar-refractivity contribution in [3.8, 4) is 0 Å². The number of nitrogens with zero attached hydrogens (tertiary/aromatic N) is 1. The van der Waals surface area contributed by atoms with Gasteiger partial charge in [-0.1, -0.05) is 29.8 Å². The Kier molecular flexibility index (Phi) is 3.85. The van der Waals surface area contributed by atoms with Crippen molar-refractivity contribution in [3.05, 3.63) is 34.9 Å². The zero-order valence-electron chi connectivity index (χ0n) is 9.56. The van der Waals surface area contributed by atoms with Crippen molar-refractivity contribution in [1.82, 2.24) is 4.90 Å². The van der Waals surface area contributed by atoms with E-state index in [1.807, 2.05) is 24.3 Å². The lowest BCUT2D eigenvalue weighted by Gasteiger charge is -2.34. The van der Waals surface area contributed by atoms with Crippen molar-refractivity contribution in [2.24, 2.45) is 5.92 Å². The van der Waals surface area contributed by atoms with Gasteiger partial charge in [0.2, 0.25) is 0 Å². The molecule has 1 aromatic rings. The topological polar surface area (TPSA) is 23.5 Å². The van der Waals surface area contributed by atoms with Crippen LogP contribution in [0.25, 0.3) is 0 Å². The molecule has 1 aliphatic rings. The van der Waals surface area contributed by atoms with Crippen LogP contribution in [-0.2, 0) is 6.42 Å². The third-order valence-corrected chi connectivity index (χ3v) is 3.71. The van der Waals surface area contributed by atoms with Crippen molar-refractivity contribution < 1.29 is 5.11 Å². The minimum absolute atomic E-state index is 0.188. The molecule has 1 heterocycles. The summed E-state index contributed by atoms with van der Waals surface area (Å²) in [6.45, 7) is 1.94. The van der Waals surface area contributed by atoms with Gasteiger partial charge >= 0.3 is 0 Å². The zero-order valence-corrected chi connectivity index (χ0v) is 10.3. The third kappa shape index (κ3) is 2.76. The average molecular weight is 240 g/mol. The van der Waals surface area contributed by atoms with Gasteiger partial charge in [0.15, 0.2) is 0 Å². The summed E-state index contributed by atoms with van der Waals surface area (Å²) in [5, 5.41) is 10.8. The summed E-state index contributed by atoms with van der Waals surface area (Å²) in [5.41, 5.74) is 1.14. The normalized spacial score (nSPS) is 26.9. The Balaban J connectivity index is 2.06. The first-order valence-electron chi connectivity index (χ1n) is 5.77. The van der Waals surface area contributed by atoms with Gasteiger partial charge < -0.3 is 10.0 Å². The maximum Gasteiger partial charge on any atom is 0.0596 e. The number of piperidine rings is 1. The Labute approximate surface area is 102 Å². The standard InChI is InChI=1S/C13H18ClNO/c1-15-7-6-13(16)11(9-15)8-10-4-2-3-5-12(10)14/h2-5,11,13,16H,6-9H2,1H3. The molecular formula is C13H18ClNO. The summed E-state index contributed by atoms with van der Waals surface area (Å²) < 4.78 is 0. The van der Waals surface area contributed by atoms with Crippen LogP contribution in [0, 0.1) is 5.92 Å². The summed E-state index contributed by atoms with van der Waals surface area (Å²) in [4.78, 5) is 2.27. The molecule has 2 nitrogen and oxygen atoms in total. The minimum atomic E-state index is -0.188. The highest BCUT2D eigenvalue weighted by Crippen LogP contribution is 2.24.